The van der Waals surface area contributed by atoms with E-state index in [-0.39, 0.29) is 5.56 Å². The average Bonchev–Trinajstić information content (AvgIpc) is 2.56. The van der Waals surface area contributed by atoms with Gasteiger partial charge in [-0.15, -0.1) is 0 Å². The molecule has 114 valence electrons. The van der Waals surface area contributed by atoms with Gasteiger partial charge in [0.15, 0.2) is 0 Å². The third-order valence-electron chi connectivity index (χ3n) is 3.63. The molecule has 0 saturated carbocycles. The first-order valence-corrected chi connectivity index (χ1v) is 8.30. The van der Waals surface area contributed by atoms with Gasteiger partial charge in [0.05, 0.1) is 5.69 Å². The number of aromatic carboxylic acids is 1. The minimum atomic E-state index is -1.00. The largest absolute Gasteiger partial charge is 0.478 e. The van der Waals surface area contributed by atoms with E-state index in [9.17, 15) is 9.90 Å². The van der Waals surface area contributed by atoms with E-state index in [1.54, 1.807) is 0 Å². The third kappa shape index (κ3) is 3.06. The van der Waals surface area contributed by atoms with Crippen LogP contribution >= 0.6 is 11.8 Å². The Morgan fingerprint density at radius 3 is 2.55 bits per heavy atom. The molecule has 5 nitrogen and oxygen atoms in total. The molecular weight excluding hydrogens is 298 g/mol. The molecular formula is C16H17N3O2S. The number of benzene rings is 1. The number of thioether (sulfide) groups is 1. The van der Waals surface area contributed by atoms with Crippen LogP contribution in [0.1, 0.15) is 15.9 Å². The van der Waals surface area contributed by atoms with E-state index in [1.807, 2.05) is 43.0 Å². The Labute approximate surface area is 133 Å². The summed E-state index contributed by atoms with van der Waals surface area (Å²) in [6.45, 7) is 3.79. The molecule has 2 aromatic rings. The Hall–Kier alpha value is -2.08. The minimum absolute atomic E-state index is 0.138. The van der Waals surface area contributed by atoms with E-state index < -0.39 is 5.97 Å². The zero-order valence-electron chi connectivity index (χ0n) is 12.3. The van der Waals surface area contributed by atoms with Gasteiger partial charge in [-0.05, 0) is 6.92 Å². The molecule has 3 rings (SSSR count). The standard InChI is InChI=1S/C16H17N3O2S/c1-11-2-4-12(5-3-11)14-13(15(20)21)10-17-16(18-14)19-6-8-22-9-7-19/h2-5,10H,6-9H2,1H3,(H,20,21). The molecule has 1 saturated heterocycles. The predicted molar refractivity (Wildman–Crippen MR) is 88.7 cm³/mol. The molecule has 0 amide bonds. The predicted octanol–water partition coefficient (Wildman–Crippen LogP) is 2.70. The van der Waals surface area contributed by atoms with Crippen LogP contribution in [-0.2, 0) is 0 Å². The van der Waals surface area contributed by atoms with Crippen LogP contribution in [0.3, 0.4) is 0 Å². The second-order valence-corrected chi connectivity index (χ2v) is 6.43. The summed E-state index contributed by atoms with van der Waals surface area (Å²) in [5.41, 5.74) is 2.55. The Morgan fingerprint density at radius 2 is 1.91 bits per heavy atom. The van der Waals surface area contributed by atoms with Crippen molar-refractivity contribution >= 4 is 23.7 Å². The van der Waals surface area contributed by atoms with Crippen LogP contribution in [0.5, 0.6) is 0 Å². The lowest BCUT2D eigenvalue weighted by Gasteiger charge is -2.26. The topological polar surface area (TPSA) is 66.3 Å². The van der Waals surface area contributed by atoms with Gasteiger partial charge in [0.2, 0.25) is 5.95 Å². The molecule has 0 aliphatic carbocycles. The number of carbonyl (C=O) groups is 1. The Balaban J connectivity index is 2.04. The van der Waals surface area contributed by atoms with Gasteiger partial charge in [0, 0.05) is 36.4 Å². The zero-order chi connectivity index (χ0) is 15.5. The van der Waals surface area contributed by atoms with Crippen molar-refractivity contribution in [3.63, 3.8) is 0 Å². The van der Waals surface area contributed by atoms with Crippen LogP contribution in [0, 0.1) is 6.92 Å². The summed E-state index contributed by atoms with van der Waals surface area (Å²) in [6, 6.07) is 7.72. The van der Waals surface area contributed by atoms with Crippen molar-refractivity contribution in [2.24, 2.45) is 0 Å². The number of hydrogen-bond acceptors (Lipinski definition) is 5. The number of aryl methyl sites for hydroxylation is 1. The fraction of sp³-hybridized carbons (Fsp3) is 0.312. The second-order valence-electron chi connectivity index (χ2n) is 5.20. The first kappa shape index (κ1) is 14.8. The van der Waals surface area contributed by atoms with Gasteiger partial charge in [0.1, 0.15) is 5.56 Å². The lowest BCUT2D eigenvalue weighted by Crippen LogP contribution is -2.34. The minimum Gasteiger partial charge on any atom is -0.478 e. The van der Waals surface area contributed by atoms with Gasteiger partial charge in [-0.3, -0.25) is 0 Å². The van der Waals surface area contributed by atoms with Gasteiger partial charge >= 0.3 is 5.97 Å². The molecule has 22 heavy (non-hydrogen) atoms. The van der Waals surface area contributed by atoms with Crippen molar-refractivity contribution in [3.8, 4) is 11.3 Å². The molecule has 0 bridgehead atoms. The molecule has 2 heterocycles. The lowest BCUT2D eigenvalue weighted by atomic mass is 10.1. The quantitative estimate of drug-likeness (QED) is 0.939. The Bertz CT molecular complexity index is 682. The van der Waals surface area contributed by atoms with Gasteiger partial charge < -0.3 is 10.0 Å². The van der Waals surface area contributed by atoms with Gasteiger partial charge in [-0.1, -0.05) is 29.8 Å². The van der Waals surface area contributed by atoms with E-state index in [4.69, 9.17) is 0 Å². The highest BCUT2D eigenvalue weighted by atomic mass is 32.2. The molecule has 0 unspecified atom stereocenters. The van der Waals surface area contributed by atoms with Crippen LogP contribution in [0.15, 0.2) is 30.5 Å². The van der Waals surface area contributed by atoms with Crippen molar-refractivity contribution < 1.29 is 9.90 Å². The summed E-state index contributed by atoms with van der Waals surface area (Å²) in [6.07, 6.45) is 1.42. The number of aromatic nitrogens is 2. The summed E-state index contributed by atoms with van der Waals surface area (Å²) >= 11 is 1.91. The van der Waals surface area contributed by atoms with E-state index in [2.05, 4.69) is 14.9 Å². The molecule has 0 spiro atoms. The molecule has 1 aromatic carbocycles. The first-order valence-electron chi connectivity index (χ1n) is 7.15. The van der Waals surface area contributed by atoms with E-state index in [0.29, 0.717) is 11.6 Å². The van der Waals surface area contributed by atoms with Gasteiger partial charge in [-0.25, -0.2) is 14.8 Å². The van der Waals surface area contributed by atoms with Crippen LogP contribution in [0.4, 0.5) is 5.95 Å². The van der Waals surface area contributed by atoms with Crippen molar-refractivity contribution in [1.29, 1.82) is 0 Å². The molecule has 0 atom stereocenters. The molecule has 0 radical (unpaired) electrons. The molecule has 1 aromatic heterocycles. The summed E-state index contributed by atoms with van der Waals surface area (Å²) in [7, 11) is 0. The highest BCUT2D eigenvalue weighted by molar-refractivity contribution is 7.99. The van der Waals surface area contributed by atoms with Crippen LogP contribution in [0.2, 0.25) is 0 Å². The molecule has 1 fully saturated rings. The fourth-order valence-electron chi connectivity index (χ4n) is 2.38. The van der Waals surface area contributed by atoms with Crippen LogP contribution < -0.4 is 4.90 Å². The smallest absolute Gasteiger partial charge is 0.339 e. The van der Waals surface area contributed by atoms with E-state index in [0.717, 1.165) is 35.7 Å². The number of anilines is 1. The monoisotopic (exact) mass is 315 g/mol. The number of rotatable bonds is 3. The van der Waals surface area contributed by atoms with Gasteiger partial charge in [0.25, 0.3) is 0 Å². The van der Waals surface area contributed by atoms with Crippen LogP contribution in [0.25, 0.3) is 11.3 Å². The summed E-state index contributed by atoms with van der Waals surface area (Å²) in [4.78, 5) is 22.4. The van der Waals surface area contributed by atoms with Crippen molar-refractivity contribution in [3.05, 3.63) is 41.6 Å². The maximum atomic E-state index is 11.5. The van der Waals surface area contributed by atoms with Crippen molar-refractivity contribution in [2.45, 2.75) is 6.92 Å². The summed E-state index contributed by atoms with van der Waals surface area (Å²) in [5.74, 6) is 1.70. The maximum Gasteiger partial charge on any atom is 0.339 e. The number of hydrogen-bond donors (Lipinski definition) is 1. The number of carboxylic acids is 1. The average molecular weight is 315 g/mol. The summed E-state index contributed by atoms with van der Waals surface area (Å²) < 4.78 is 0. The lowest BCUT2D eigenvalue weighted by molar-refractivity contribution is 0.0697. The highest BCUT2D eigenvalue weighted by Gasteiger charge is 2.19. The molecule has 1 aliphatic rings. The second kappa shape index (κ2) is 6.36. The molecule has 6 heteroatoms. The summed E-state index contributed by atoms with van der Waals surface area (Å²) in [5, 5.41) is 9.39. The zero-order valence-corrected chi connectivity index (χ0v) is 13.1. The maximum absolute atomic E-state index is 11.5. The Kier molecular flexibility index (Phi) is 4.29. The van der Waals surface area contributed by atoms with Gasteiger partial charge in [-0.2, -0.15) is 11.8 Å². The SMILES string of the molecule is Cc1ccc(-c2nc(N3CCSCC3)ncc2C(=O)O)cc1. The highest BCUT2D eigenvalue weighted by Crippen LogP contribution is 2.25. The number of nitrogens with zero attached hydrogens (tertiary/aromatic N) is 3. The third-order valence-corrected chi connectivity index (χ3v) is 4.57. The first-order chi connectivity index (χ1) is 10.6. The van der Waals surface area contributed by atoms with Crippen molar-refractivity contribution in [2.75, 3.05) is 29.5 Å². The van der Waals surface area contributed by atoms with E-state index >= 15 is 0 Å². The Morgan fingerprint density at radius 1 is 1.23 bits per heavy atom. The number of carboxylic acid groups (broad SMARTS) is 1. The van der Waals surface area contributed by atoms with E-state index in [1.165, 1.54) is 6.20 Å². The van der Waals surface area contributed by atoms with Crippen LogP contribution in [-0.4, -0.2) is 45.6 Å². The molecule has 1 aliphatic heterocycles. The van der Waals surface area contributed by atoms with Crippen molar-refractivity contribution in [1.82, 2.24) is 9.97 Å². The molecule has 1 N–H and O–H groups in total. The normalized spacial score (nSPS) is 14.9. The fourth-order valence-corrected chi connectivity index (χ4v) is 3.28.